The van der Waals surface area contributed by atoms with Crippen LogP contribution in [0.15, 0.2) is 30.3 Å². The average Bonchev–Trinajstić information content (AvgIpc) is 3.01. The smallest absolute Gasteiger partial charge is 0.210 e. The van der Waals surface area contributed by atoms with E-state index in [2.05, 4.69) is 21.6 Å². The van der Waals surface area contributed by atoms with E-state index in [1.165, 1.54) is 46.1 Å². The number of fused-ring (bicyclic) bond motifs is 4. The molecule has 0 bridgehead atoms. The molecule has 5 aliphatic heterocycles. The Kier molecular flexibility index (Phi) is 6.23. The first-order valence-electron chi connectivity index (χ1n) is 16.2. The van der Waals surface area contributed by atoms with E-state index in [1.54, 1.807) is 7.11 Å². The van der Waals surface area contributed by atoms with Crippen LogP contribution in [0.1, 0.15) is 90.2 Å². The lowest BCUT2D eigenvalue weighted by molar-refractivity contribution is -0.178. The maximum atomic E-state index is 13.6. The van der Waals surface area contributed by atoms with Crippen LogP contribution < -0.4 is 29.7 Å². The Morgan fingerprint density at radius 2 is 1.60 bits per heavy atom. The van der Waals surface area contributed by atoms with Gasteiger partial charge < -0.3 is 14.5 Å². The van der Waals surface area contributed by atoms with Gasteiger partial charge in [-0.15, -0.1) is 0 Å². The molecule has 6 heteroatoms. The molecule has 3 aromatic rings. The van der Waals surface area contributed by atoms with Crippen LogP contribution >= 0.6 is 0 Å². The molecule has 5 heterocycles. The minimum atomic E-state index is -0.504. The minimum absolute atomic E-state index is 0.109. The summed E-state index contributed by atoms with van der Waals surface area (Å²) in [5.74, 6) is 2.71. The Morgan fingerprint density at radius 3 is 2.40 bits per heavy atom. The normalized spacial score (nSPS) is 18.3. The summed E-state index contributed by atoms with van der Waals surface area (Å²) in [6, 6.07) is 10.6. The zero-order chi connectivity index (χ0) is 29.5. The summed E-state index contributed by atoms with van der Waals surface area (Å²) in [4.78, 5) is 27.3. The van der Waals surface area contributed by atoms with Gasteiger partial charge >= 0.3 is 0 Å². The SMILES string of the molecule is COOc1ccc(C(=O)C(C)(C)C)cc1C1=c2cc3c4c(c2Oc2c1cc1c5c2CCCN5CCC1)CCC[N+]=4CCC3. The highest BCUT2D eigenvalue weighted by atomic mass is 17.2. The molecule has 8 rings (SSSR count). The Balaban J connectivity index is 1.51. The lowest BCUT2D eigenvalue weighted by Crippen LogP contribution is -2.45. The Hall–Kier alpha value is -3.64. The van der Waals surface area contributed by atoms with Gasteiger partial charge in [0.1, 0.15) is 24.6 Å². The molecule has 0 atom stereocenters. The molecule has 0 saturated heterocycles. The Bertz CT molecular complexity index is 1820. The molecule has 0 N–H and O–H groups in total. The number of ketones is 1. The van der Waals surface area contributed by atoms with Crippen molar-refractivity contribution >= 4 is 17.0 Å². The third kappa shape index (κ3) is 4.16. The Morgan fingerprint density at radius 1 is 0.860 bits per heavy atom. The second-order valence-corrected chi connectivity index (χ2v) is 13.9. The molecule has 0 aliphatic carbocycles. The van der Waals surface area contributed by atoms with Crippen LogP contribution in [0.4, 0.5) is 5.69 Å². The minimum Gasteiger partial charge on any atom is -0.455 e. The van der Waals surface area contributed by atoms with Crippen molar-refractivity contribution in [1.82, 2.24) is 4.58 Å². The number of rotatable bonds is 4. The lowest BCUT2D eigenvalue weighted by atomic mass is 9.81. The zero-order valence-electron chi connectivity index (χ0n) is 25.9. The molecular formula is C37H41N2O4+. The quantitative estimate of drug-likeness (QED) is 0.143. The zero-order valence-corrected chi connectivity index (χ0v) is 25.9. The van der Waals surface area contributed by atoms with Crippen LogP contribution in [0, 0.1) is 5.41 Å². The topological polar surface area (TPSA) is 51.0 Å². The van der Waals surface area contributed by atoms with Gasteiger partial charge in [0.25, 0.3) is 0 Å². The van der Waals surface area contributed by atoms with Crippen molar-refractivity contribution in [1.29, 1.82) is 0 Å². The van der Waals surface area contributed by atoms with Gasteiger partial charge in [-0.2, -0.15) is 4.89 Å². The van der Waals surface area contributed by atoms with E-state index in [1.807, 2.05) is 39.0 Å². The molecule has 0 saturated carbocycles. The maximum Gasteiger partial charge on any atom is 0.210 e. The van der Waals surface area contributed by atoms with Gasteiger partial charge in [0.2, 0.25) is 5.36 Å². The summed E-state index contributed by atoms with van der Waals surface area (Å²) < 4.78 is 9.77. The predicted molar refractivity (Wildman–Crippen MR) is 168 cm³/mol. The van der Waals surface area contributed by atoms with Crippen LogP contribution in [0.2, 0.25) is 0 Å². The van der Waals surface area contributed by atoms with Crippen LogP contribution in [-0.2, 0) is 30.6 Å². The molecular weight excluding hydrogens is 536 g/mol. The number of hydrogen-bond acceptors (Lipinski definition) is 5. The molecule has 0 radical (unpaired) electrons. The Labute approximate surface area is 253 Å². The third-order valence-corrected chi connectivity index (χ3v) is 10.1. The van der Waals surface area contributed by atoms with Crippen molar-refractivity contribution in [2.24, 2.45) is 5.41 Å². The van der Waals surface area contributed by atoms with Crippen molar-refractivity contribution in [3.05, 3.63) is 79.9 Å². The van der Waals surface area contributed by atoms with Crippen molar-refractivity contribution < 1.29 is 19.3 Å². The van der Waals surface area contributed by atoms with E-state index in [9.17, 15) is 4.79 Å². The number of benzene rings is 3. The van der Waals surface area contributed by atoms with E-state index in [0.717, 1.165) is 98.1 Å². The van der Waals surface area contributed by atoms with Gasteiger partial charge in [-0.25, -0.2) is 4.58 Å². The van der Waals surface area contributed by atoms with Crippen LogP contribution in [0.3, 0.4) is 0 Å². The fourth-order valence-corrected chi connectivity index (χ4v) is 8.27. The number of anilines is 1. The summed E-state index contributed by atoms with van der Waals surface area (Å²) in [5, 5.41) is 2.51. The molecule has 0 amide bonds. The molecule has 222 valence electrons. The van der Waals surface area contributed by atoms with Crippen LogP contribution in [0.5, 0.6) is 17.2 Å². The van der Waals surface area contributed by atoms with E-state index in [4.69, 9.17) is 14.5 Å². The van der Waals surface area contributed by atoms with Gasteiger partial charge in [0.05, 0.1) is 12.7 Å². The summed E-state index contributed by atoms with van der Waals surface area (Å²) in [5.41, 5.74) is 10.2. The molecule has 6 nitrogen and oxygen atoms in total. The maximum absolute atomic E-state index is 13.6. The first kappa shape index (κ1) is 26.9. The molecule has 0 spiro atoms. The summed E-state index contributed by atoms with van der Waals surface area (Å²) >= 11 is 0. The predicted octanol–water partition coefficient (Wildman–Crippen LogP) is 5.29. The summed E-state index contributed by atoms with van der Waals surface area (Å²) in [6.07, 6.45) is 8.77. The van der Waals surface area contributed by atoms with Crippen molar-refractivity contribution in [3.8, 4) is 17.2 Å². The van der Waals surface area contributed by atoms with Crippen LogP contribution in [0.25, 0.3) is 5.57 Å². The lowest BCUT2D eigenvalue weighted by Gasteiger charge is -2.39. The number of carbonyl (C=O) groups excluding carboxylic acids is 1. The number of Topliss-reactive ketones (excluding diaryl/α,β-unsaturated/α-hetero) is 1. The number of ether oxygens (including phenoxy) is 1. The standard InChI is InChI=1S/C37H41N2O4/c1-37(2,3)36(40)24-13-14-30(43-41-4)27(21-24)31-28-19-22-9-5-15-38-17-7-11-25(32(22)38)34(28)42-35-26-12-8-18-39-16-6-10-23(33(26)39)20-29(31)35/h13-14,19-21H,5-12,15-18H2,1-4H3/q+1. The van der Waals surface area contributed by atoms with Crippen molar-refractivity contribution in [3.63, 3.8) is 0 Å². The largest absolute Gasteiger partial charge is 0.455 e. The van der Waals surface area contributed by atoms with Crippen molar-refractivity contribution in [2.75, 3.05) is 38.2 Å². The average molecular weight is 578 g/mol. The highest BCUT2D eigenvalue weighted by Crippen LogP contribution is 2.49. The molecule has 0 aromatic heterocycles. The molecule has 5 aliphatic rings. The van der Waals surface area contributed by atoms with Gasteiger partial charge in [-0.05, 0) is 74.4 Å². The summed E-state index contributed by atoms with van der Waals surface area (Å²) in [6.45, 7) is 10.4. The third-order valence-electron chi connectivity index (χ3n) is 10.1. The van der Waals surface area contributed by atoms with Crippen LogP contribution in [-0.4, -0.2) is 39.1 Å². The molecule has 43 heavy (non-hydrogen) atoms. The number of aryl methyl sites for hydroxylation is 2. The van der Waals surface area contributed by atoms with Gasteiger partial charge in [0.15, 0.2) is 11.5 Å². The second kappa shape index (κ2) is 9.95. The highest BCUT2D eigenvalue weighted by Gasteiger charge is 2.36. The van der Waals surface area contributed by atoms with E-state index >= 15 is 0 Å². The fourth-order valence-electron chi connectivity index (χ4n) is 8.27. The molecule has 0 fully saturated rings. The summed E-state index contributed by atoms with van der Waals surface area (Å²) in [7, 11) is 1.54. The molecule has 0 unspecified atom stereocenters. The fraction of sp³-hybridized carbons (Fsp3) is 0.459. The second-order valence-electron chi connectivity index (χ2n) is 13.9. The first-order chi connectivity index (χ1) is 20.8. The van der Waals surface area contributed by atoms with E-state index < -0.39 is 5.41 Å². The van der Waals surface area contributed by atoms with Crippen molar-refractivity contribution in [2.45, 2.75) is 72.1 Å². The monoisotopic (exact) mass is 577 g/mol. The van der Waals surface area contributed by atoms with Gasteiger partial charge in [-0.3, -0.25) is 4.79 Å². The molecule has 3 aromatic carbocycles. The van der Waals surface area contributed by atoms with Gasteiger partial charge in [0, 0.05) is 75.6 Å². The number of carbonyl (C=O) groups is 1. The highest BCUT2D eigenvalue weighted by molar-refractivity contribution is 6.01. The number of nitrogens with zero attached hydrogens (tertiary/aromatic N) is 2. The van der Waals surface area contributed by atoms with Gasteiger partial charge in [-0.1, -0.05) is 20.8 Å². The first-order valence-corrected chi connectivity index (χ1v) is 16.2. The van der Waals surface area contributed by atoms with E-state index in [0.29, 0.717) is 11.3 Å². The van der Waals surface area contributed by atoms with E-state index in [-0.39, 0.29) is 5.78 Å². The number of hydrogen-bond donors (Lipinski definition) is 0.